The van der Waals surface area contributed by atoms with Crippen LogP contribution in [0.25, 0.3) is 0 Å². The maximum Gasteiger partial charge on any atom is 0.136 e. The average Bonchev–Trinajstić information content (AvgIpc) is 2.39. The van der Waals surface area contributed by atoms with Crippen molar-refractivity contribution in [1.29, 1.82) is 0 Å². The Balaban J connectivity index is 2.20. The summed E-state index contributed by atoms with van der Waals surface area (Å²) in [6.45, 7) is 0.451. The molecule has 0 spiro atoms. The first-order valence-corrected chi connectivity index (χ1v) is 7.44. The molecule has 0 saturated heterocycles. The number of rotatable bonds is 4. The number of nitrogens with two attached hydrogens (primary N) is 1. The molecule has 0 heterocycles. The normalized spacial score (nSPS) is 12.2. The fourth-order valence-corrected chi connectivity index (χ4v) is 2.40. The second kappa shape index (κ2) is 6.54. The molecule has 0 bridgehead atoms. The van der Waals surface area contributed by atoms with Gasteiger partial charge in [0.25, 0.3) is 0 Å². The Labute approximate surface area is 129 Å². The Kier molecular flexibility index (Phi) is 5.03. The van der Waals surface area contributed by atoms with Crippen molar-refractivity contribution >= 4 is 38.5 Å². The van der Waals surface area contributed by atoms with E-state index in [0.717, 1.165) is 19.4 Å². The maximum absolute atomic E-state index is 5.97. The Morgan fingerprint density at radius 3 is 2.39 bits per heavy atom. The zero-order valence-corrected chi connectivity index (χ0v) is 13.4. The zero-order valence-electron chi connectivity index (χ0n) is 9.64. The van der Waals surface area contributed by atoms with E-state index in [-0.39, 0.29) is 6.10 Å². The summed E-state index contributed by atoms with van der Waals surface area (Å²) in [7, 11) is 0. The van der Waals surface area contributed by atoms with E-state index in [1.165, 1.54) is 0 Å². The van der Waals surface area contributed by atoms with Crippen LogP contribution in [-0.4, -0.2) is 6.54 Å². The highest BCUT2D eigenvalue weighted by atomic mass is 127. The van der Waals surface area contributed by atoms with Gasteiger partial charge in [-0.25, -0.2) is 0 Å². The monoisotopic (exact) mass is 417 g/mol. The molecule has 2 aromatic rings. The van der Waals surface area contributed by atoms with Crippen LogP contribution < -0.4 is 10.5 Å². The summed E-state index contributed by atoms with van der Waals surface area (Å²) in [4.78, 5) is 0. The van der Waals surface area contributed by atoms with E-state index < -0.39 is 0 Å². The third-order valence-corrected chi connectivity index (χ3v) is 3.98. The summed E-state index contributed by atoms with van der Waals surface area (Å²) < 4.78 is 8.11. The van der Waals surface area contributed by atoms with Gasteiger partial charge >= 0.3 is 0 Å². The molecule has 94 valence electrons. The van der Waals surface area contributed by atoms with Crippen LogP contribution in [0.5, 0.6) is 5.75 Å². The SMILES string of the molecule is NCC(Oc1ccccc1I)c1ccc(Br)cc1. The van der Waals surface area contributed by atoms with Gasteiger partial charge in [0.2, 0.25) is 0 Å². The Morgan fingerprint density at radius 1 is 1.11 bits per heavy atom. The van der Waals surface area contributed by atoms with Crippen LogP contribution in [0, 0.1) is 3.57 Å². The third kappa shape index (κ3) is 3.46. The van der Waals surface area contributed by atoms with E-state index in [9.17, 15) is 0 Å². The smallest absolute Gasteiger partial charge is 0.136 e. The maximum atomic E-state index is 5.97. The Bertz CT molecular complexity index is 515. The minimum atomic E-state index is -0.117. The van der Waals surface area contributed by atoms with Crippen LogP contribution in [0.15, 0.2) is 53.0 Å². The first-order valence-electron chi connectivity index (χ1n) is 5.57. The average molecular weight is 418 g/mol. The fourth-order valence-electron chi connectivity index (χ4n) is 1.62. The molecule has 0 fully saturated rings. The van der Waals surface area contributed by atoms with Crippen LogP contribution in [0.1, 0.15) is 11.7 Å². The van der Waals surface area contributed by atoms with Crippen LogP contribution >= 0.6 is 38.5 Å². The summed E-state index contributed by atoms with van der Waals surface area (Å²) in [6.07, 6.45) is -0.117. The molecule has 0 aliphatic carbocycles. The fraction of sp³-hybridized carbons (Fsp3) is 0.143. The van der Waals surface area contributed by atoms with Crippen molar-refractivity contribution in [2.45, 2.75) is 6.10 Å². The molecular formula is C14H13BrINO. The predicted molar refractivity (Wildman–Crippen MR) is 85.7 cm³/mol. The standard InChI is InChI=1S/C14H13BrINO/c15-11-7-5-10(6-8-11)14(9-17)18-13-4-2-1-3-12(13)16/h1-8,14H,9,17H2. The molecular weight excluding hydrogens is 405 g/mol. The van der Waals surface area contributed by atoms with Gasteiger partial charge in [0.05, 0.1) is 3.57 Å². The number of halogens is 2. The van der Waals surface area contributed by atoms with Gasteiger partial charge in [-0.2, -0.15) is 0 Å². The lowest BCUT2D eigenvalue weighted by molar-refractivity contribution is 0.212. The number of ether oxygens (including phenoxy) is 1. The van der Waals surface area contributed by atoms with E-state index >= 15 is 0 Å². The lowest BCUT2D eigenvalue weighted by atomic mass is 10.1. The summed E-state index contributed by atoms with van der Waals surface area (Å²) >= 11 is 5.68. The van der Waals surface area contributed by atoms with Crippen LogP contribution in [0.2, 0.25) is 0 Å². The number of hydrogen-bond acceptors (Lipinski definition) is 2. The topological polar surface area (TPSA) is 35.2 Å². The molecule has 4 heteroatoms. The van der Waals surface area contributed by atoms with Gasteiger partial charge in [-0.05, 0) is 52.4 Å². The van der Waals surface area contributed by atoms with Gasteiger partial charge in [-0.3, -0.25) is 0 Å². The van der Waals surface area contributed by atoms with Gasteiger partial charge in [0.15, 0.2) is 0 Å². The van der Waals surface area contributed by atoms with E-state index in [1.54, 1.807) is 0 Å². The molecule has 0 radical (unpaired) electrons. The van der Waals surface area contributed by atoms with Gasteiger partial charge in [0.1, 0.15) is 11.9 Å². The summed E-state index contributed by atoms with van der Waals surface area (Å²) in [6, 6.07) is 16.0. The van der Waals surface area contributed by atoms with E-state index in [1.807, 2.05) is 48.5 Å². The van der Waals surface area contributed by atoms with Gasteiger partial charge in [-0.1, -0.05) is 40.2 Å². The highest BCUT2D eigenvalue weighted by Crippen LogP contribution is 2.26. The van der Waals surface area contributed by atoms with Crippen molar-refractivity contribution in [2.75, 3.05) is 6.54 Å². The van der Waals surface area contributed by atoms with Crippen LogP contribution in [0.3, 0.4) is 0 Å². The lowest BCUT2D eigenvalue weighted by Crippen LogP contribution is -2.18. The predicted octanol–water partition coefficient (Wildman–Crippen LogP) is 4.13. The highest BCUT2D eigenvalue weighted by molar-refractivity contribution is 14.1. The summed E-state index contributed by atoms with van der Waals surface area (Å²) in [5, 5.41) is 0. The van der Waals surface area contributed by atoms with E-state index in [0.29, 0.717) is 6.54 Å². The molecule has 2 N–H and O–H groups in total. The molecule has 0 aliphatic rings. The van der Waals surface area contributed by atoms with Gasteiger partial charge < -0.3 is 10.5 Å². The molecule has 0 amide bonds. The van der Waals surface area contributed by atoms with Crippen molar-refractivity contribution in [3.63, 3.8) is 0 Å². The second-order valence-corrected chi connectivity index (χ2v) is 5.90. The highest BCUT2D eigenvalue weighted by Gasteiger charge is 2.12. The summed E-state index contributed by atoms with van der Waals surface area (Å²) in [5.41, 5.74) is 6.89. The molecule has 0 aromatic heterocycles. The van der Waals surface area contributed by atoms with Crippen molar-refractivity contribution in [3.05, 3.63) is 62.1 Å². The molecule has 2 rings (SSSR count). The number of benzene rings is 2. The molecule has 2 aromatic carbocycles. The largest absolute Gasteiger partial charge is 0.483 e. The zero-order chi connectivity index (χ0) is 13.0. The molecule has 0 saturated carbocycles. The van der Waals surface area contributed by atoms with Crippen LogP contribution in [-0.2, 0) is 0 Å². The minimum Gasteiger partial charge on any atom is -0.483 e. The van der Waals surface area contributed by atoms with Crippen molar-refractivity contribution < 1.29 is 4.74 Å². The van der Waals surface area contributed by atoms with Gasteiger partial charge in [0, 0.05) is 11.0 Å². The van der Waals surface area contributed by atoms with E-state index in [4.69, 9.17) is 10.5 Å². The first-order chi connectivity index (χ1) is 8.70. The molecule has 0 aliphatic heterocycles. The second-order valence-electron chi connectivity index (χ2n) is 3.82. The molecule has 1 atom stereocenters. The lowest BCUT2D eigenvalue weighted by Gasteiger charge is -2.18. The molecule has 2 nitrogen and oxygen atoms in total. The molecule has 1 unspecified atom stereocenters. The number of hydrogen-bond donors (Lipinski definition) is 1. The minimum absolute atomic E-state index is 0.117. The van der Waals surface area contributed by atoms with Crippen molar-refractivity contribution in [1.82, 2.24) is 0 Å². The quantitative estimate of drug-likeness (QED) is 0.759. The Hall–Kier alpha value is -0.590. The Morgan fingerprint density at radius 2 is 1.78 bits per heavy atom. The van der Waals surface area contributed by atoms with Crippen LogP contribution in [0.4, 0.5) is 0 Å². The number of para-hydroxylation sites is 1. The summed E-state index contributed by atoms with van der Waals surface area (Å²) in [5.74, 6) is 0.872. The third-order valence-electron chi connectivity index (χ3n) is 2.56. The van der Waals surface area contributed by atoms with Crippen molar-refractivity contribution in [2.24, 2.45) is 5.73 Å². The first kappa shape index (κ1) is 13.8. The van der Waals surface area contributed by atoms with Gasteiger partial charge in [-0.15, -0.1) is 0 Å². The van der Waals surface area contributed by atoms with E-state index in [2.05, 4.69) is 38.5 Å². The van der Waals surface area contributed by atoms with Crippen molar-refractivity contribution in [3.8, 4) is 5.75 Å². The molecule has 18 heavy (non-hydrogen) atoms.